The van der Waals surface area contributed by atoms with E-state index < -0.39 is 12.1 Å². The zero-order valence-corrected chi connectivity index (χ0v) is 17.9. The molecule has 0 aliphatic carbocycles. The third kappa shape index (κ3) is 6.07. The van der Waals surface area contributed by atoms with Crippen molar-refractivity contribution in [2.45, 2.75) is 31.9 Å². The summed E-state index contributed by atoms with van der Waals surface area (Å²) in [5.74, 6) is -1.27. The number of carboxylic acid groups (broad SMARTS) is 1. The van der Waals surface area contributed by atoms with Gasteiger partial charge in [0.2, 0.25) is 0 Å². The summed E-state index contributed by atoms with van der Waals surface area (Å²) in [4.78, 5) is 26.2. The van der Waals surface area contributed by atoms with Crippen LogP contribution in [0.1, 0.15) is 40.9 Å². The van der Waals surface area contributed by atoms with Gasteiger partial charge in [-0.1, -0.05) is 35.9 Å². The zero-order valence-electron chi connectivity index (χ0n) is 17.2. The molecular weight excluding hydrogens is 418 g/mol. The van der Waals surface area contributed by atoms with Crippen LogP contribution in [0.25, 0.3) is 10.9 Å². The maximum atomic E-state index is 12.4. The number of carboxylic acids is 1. The van der Waals surface area contributed by atoms with E-state index in [-0.39, 0.29) is 24.9 Å². The second kappa shape index (κ2) is 10.4. The highest BCUT2D eigenvalue weighted by Crippen LogP contribution is 2.23. The molecule has 0 spiro atoms. The minimum atomic E-state index is -0.956. The highest BCUT2D eigenvalue weighted by Gasteiger charge is 2.16. The van der Waals surface area contributed by atoms with E-state index in [4.69, 9.17) is 16.7 Å². The van der Waals surface area contributed by atoms with E-state index in [1.54, 1.807) is 18.2 Å². The molecule has 0 unspecified atom stereocenters. The van der Waals surface area contributed by atoms with Crippen molar-refractivity contribution >= 4 is 34.4 Å². The van der Waals surface area contributed by atoms with Crippen molar-refractivity contribution in [3.63, 3.8) is 0 Å². The van der Waals surface area contributed by atoms with Gasteiger partial charge < -0.3 is 25.8 Å². The molecule has 31 heavy (non-hydrogen) atoms. The molecular formula is C23H26ClN3O4. The number of aliphatic carboxylic acids is 1. The molecule has 164 valence electrons. The maximum absolute atomic E-state index is 12.4. The largest absolute Gasteiger partial charge is 0.481 e. The average molecular weight is 444 g/mol. The molecule has 2 aromatic carbocycles. The van der Waals surface area contributed by atoms with E-state index >= 15 is 0 Å². The van der Waals surface area contributed by atoms with Crippen molar-refractivity contribution in [3.05, 3.63) is 70.4 Å². The molecule has 5 N–H and O–H groups in total. The number of fused-ring (bicyclic) bond motifs is 1. The van der Waals surface area contributed by atoms with Gasteiger partial charge in [-0.15, -0.1) is 0 Å². The number of hydrogen-bond acceptors (Lipinski definition) is 4. The van der Waals surface area contributed by atoms with Crippen molar-refractivity contribution in [3.8, 4) is 0 Å². The van der Waals surface area contributed by atoms with Crippen LogP contribution in [0, 0.1) is 0 Å². The summed E-state index contributed by atoms with van der Waals surface area (Å²) in [5, 5.41) is 26.6. The Labute approximate surface area is 185 Å². The molecule has 0 saturated carbocycles. The smallest absolute Gasteiger partial charge is 0.305 e. The van der Waals surface area contributed by atoms with Crippen LogP contribution in [0.5, 0.6) is 0 Å². The number of aliphatic hydroxyl groups is 1. The van der Waals surface area contributed by atoms with Crippen molar-refractivity contribution in [1.82, 2.24) is 15.6 Å². The van der Waals surface area contributed by atoms with E-state index in [0.29, 0.717) is 23.6 Å². The van der Waals surface area contributed by atoms with Gasteiger partial charge in [-0.25, -0.2) is 0 Å². The first-order chi connectivity index (χ1) is 14.8. The molecule has 7 nitrogen and oxygen atoms in total. The number of rotatable bonds is 10. The predicted octanol–water partition coefficient (Wildman–Crippen LogP) is 3.28. The van der Waals surface area contributed by atoms with Crippen LogP contribution in [0.15, 0.2) is 48.7 Å². The van der Waals surface area contributed by atoms with Gasteiger partial charge in [0.15, 0.2) is 0 Å². The quantitative estimate of drug-likeness (QED) is 0.330. The summed E-state index contributed by atoms with van der Waals surface area (Å²) >= 11 is 5.99. The number of nitrogens with one attached hydrogen (secondary N) is 3. The number of carbonyl (C=O) groups excluding carboxylic acids is 1. The van der Waals surface area contributed by atoms with Crippen LogP contribution in [0.2, 0.25) is 5.02 Å². The number of benzene rings is 2. The minimum Gasteiger partial charge on any atom is -0.481 e. The number of H-pyrrole nitrogens is 1. The summed E-state index contributed by atoms with van der Waals surface area (Å²) in [6.07, 6.45) is 1.80. The lowest BCUT2D eigenvalue weighted by molar-refractivity contribution is -0.136. The number of para-hydroxylation sites is 1. The van der Waals surface area contributed by atoms with Gasteiger partial charge in [0.05, 0.1) is 23.6 Å². The lowest BCUT2D eigenvalue weighted by atomic mass is 10.0. The third-order valence-electron chi connectivity index (χ3n) is 5.09. The first kappa shape index (κ1) is 22.8. The van der Waals surface area contributed by atoms with E-state index in [1.165, 1.54) is 0 Å². The number of amides is 1. The second-order valence-electron chi connectivity index (χ2n) is 7.53. The summed E-state index contributed by atoms with van der Waals surface area (Å²) in [6, 6.07) is 12.7. The Morgan fingerprint density at radius 2 is 1.97 bits per heavy atom. The van der Waals surface area contributed by atoms with E-state index in [1.807, 2.05) is 37.4 Å². The monoisotopic (exact) mass is 443 g/mol. The normalized spacial score (nSPS) is 13.1. The zero-order chi connectivity index (χ0) is 22.4. The second-order valence-corrected chi connectivity index (χ2v) is 7.96. The van der Waals surface area contributed by atoms with Crippen LogP contribution in [-0.4, -0.2) is 46.2 Å². The van der Waals surface area contributed by atoms with Gasteiger partial charge in [0, 0.05) is 35.7 Å². The van der Waals surface area contributed by atoms with Crippen LogP contribution >= 0.6 is 11.6 Å². The fraction of sp³-hybridized carbons (Fsp3) is 0.304. The Balaban J connectivity index is 1.62. The Morgan fingerprint density at radius 3 is 2.71 bits per heavy atom. The molecule has 1 heterocycles. The van der Waals surface area contributed by atoms with Crippen LogP contribution in [0.4, 0.5) is 0 Å². The van der Waals surface area contributed by atoms with E-state index in [2.05, 4.69) is 15.6 Å². The number of halogens is 1. The Morgan fingerprint density at radius 1 is 1.19 bits per heavy atom. The first-order valence-electron chi connectivity index (χ1n) is 10.1. The molecule has 1 amide bonds. The molecule has 0 aliphatic heterocycles. The number of aromatic nitrogens is 1. The van der Waals surface area contributed by atoms with Gasteiger partial charge in [-0.3, -0.25) is 9.59 Å². The van der Waals surface area contributed by atoms with Gasteiger partial charge in [0.25, 0.3) is 5.91 Å². The lowest BCUT2D eigenvalue weighted by Crippen LogP contribution is -2.32. The van der Waals surface area contributed by atoms with Crippen LogP contribution < -0.4 is 10.6 Å². The van der Waals surface area contributed by atoms with Crippen molar-refractivity contribution < 1.29 is 19.8 Å². The molecule has 0 bridgehead atoms. The summed E-state index contributed by atoms with van der Waals surface area (Å²) in [7, 11) is 0. The SMILES string of the molecule is C[C@H](Cc1c[nH]c2c(C(=O)NCCC(=O)O)cccc12)NC[C@H](O)c1cccc(Cl)c1. The molecule has 3 rings (SSSR count). The van der Waals surface area contributed by atoms with E-state index in [9.17, 15) is 14.7 Å². The lowest BCUT2D eigenvalue weighted by Gasteiger charge is -2.17. The Kier molecular flexibility index (Phi) is 7.68. The topological polar surface area (TPSA) is 114 Å². The summed E-state index contributed by atoms with van der Waals surface area (Å²) in [5.41, 5.74) is 3.01. The highest BCUT2D eigenvalue weighted by atomic mass is 35.5. The van der Waals surface area contributed by atoms with Gasteiger partial charge in [-0.05, 0) is 42.7 Å². The number of carbonyl (C=O) groups is 2. The van der Waals surface area contributed by atoms with Gasteiger partial charge >= 0.3 is 5.97 Å². The number of aromatic amines is 1. The number of aliphatic hydroxyl groups excluding tert-OH is 1. The summed E-state index contributed by atoms with van der Waals surface area (Å²) in [6.45, 7) is 2.50. The van der Waals surface area contributed by atoms with Gasteiger partial charge in [0.1, 0.15) is 0 Å². The molecule has 8 heteroatoms. The summed E-state index contributed by atoms with van der Waals surface area (Å²) < 4.78 is 0. The Hall–Kier alpha value is -2.87. The first-order valence-corrected chi connectivity index (χ1v) is 10.5. The molecule has 2 atom stereocenters. The van der Waals surface area contributed by atoms with Crippen molar-refractivity contribution in [2.75, 3.05) is 13.1 Å². The van der Waals surface area contributed by atoms with Crippen LogP contribution in [0.3, 0.4) is 0 Å². The molecule has 0 aliphatic rings. The highest BCUT2D eigenvalue weighted by molar-refractivity contribution is 6.30. The fourth-order valence-electron chi connectivity index (χ4n) is 3.50. The van der Waals surface area contributed by atoms with Crippen molar-refractivity contribution in [2.24, 2.45) is 0 Å². The molecule has 0 fully saturated rings. The number of hydrogen-bond donors (Lipinski definition) is 5. The average Bonchev–Trinajstić information content (AvgIpc) is 3.14. The van der Waals surface area contributed by atoms with E-state index in [0.717, 1.165) is 22.0 Å². The molecule has 0 radical (unpaired) electrons. The van der Waals surface area contributed by atoms with Crippen molar-refractivity contribution in [1.29, 1.82) is 0 Å². The maximum Gasteiger partial charge on any atom is 0.305 e. The van der Waals surface area contributed by atoms with Crippen LogP contribution in [-0.2, 0) is 11.2 Å². The third-order valence-corrected chi connectivity index (χ3v) is 5.32. The minimum absolute atomic E-state index is 0.0774. The fourth-order valence-corrected chi connectivity index (χ4v) is 3.69. The molecule has 1 aromatic heterocycles. The standard InChI is InChI=1S/C23H26ClN3O4/c1-14(26-13-20(28)15-4-2-5-17(24)11-15)10-16-12-27-22-18(16)6-3-7-19(22)23(31)25-9-8-21(29)30/h2-7,11-12,14,20,26-28H,8-10,13H2,1H3,(H,25,31)(H,29,30)/t14-,20+/m1/s1. The van der Waals surface area contributed by atoms with Gasteiger partial charge in [-0.2, -0.15) is 0 Å². The Bertz CT molecular complexity index is 1070. The predicted molar refractivity (Wildman–Crippen MR) is 120 cm³/mol. The molecule has 0 saturated heterocycles. The molecule has 3 aromatic rings.